The highest BCUT2D eigenvalue weighted by molar-refractivity contribution is 5.44. The van der Waals surface area contributed by atoms with E-state index in [1.165, 1.54) is 18.4 Å². The van der Waals surface area contributed by atoms with E-state index in [9.17, 15) is 0 Å². The van der Waals surface area contributed by atoms with Gasteiger partial charge in [-0.1, -0.05) is 6.07 Å². The summed E-state index contributed by atoms with van der Waals surface area (Å²) in [7, 11) is 0. The van der Waals surface area contributed by atoms with Crippen molar-refractivity contribution in [3.05, 3.63) is 23.8 Å². The summed E-state index contributed by atoms with van der Waals surface area (Å²) in [6, 6.07) is 6.61. The fourth-order valence-corrected chi connectivity index (χ4v) is 2.88. The zero-order chi connectivity index (χ0) is 13.8. The largest absolute Gasteiger partial charge is 0.486 e. The molecule has 3 rings (SSSR count). The van der Waals surface area contributed by atoms with Crippen LogP contribution < -0.4 is 20.1 Å². The third-order valence-electron chi connectivity index (χ3n) is 4.24. The van der Waals surface area contributed by atoms with Crippen molar-refractivity contribution >= 4 is 0 Å². The van der Waals surface area contributed by atoms with Crippen LogP contribution >= 0.6 is 0 Å². The fraction of sp³-hybridized carbons (Fsp3) is 0.625. The van der Waals surface area contributed by atoms with E-state index in [1.807, 2.05) is 6.07 Å². The van der Waals surface area contributed by atoms with E-state index in [2.05, 4.69) is 29.7 Å². The van der Waals surface area contributed by atoms with Crippen molar-refractivity contribution in [3.63, 3.8) is 0 Å². The van der Waals surface area contributed by atoms with Gasteiger partial charge < -0.3 is 20.1 Å². The maximum atomic E-state index is 5.65. The molecule has 2 N–H and O–H groups in total. The molecule has 4 nitrogen and oxygen atoms in total. The lowest BCUT2D eigenvalue weighted by molar-refractivity contribution is 0.171. The molecule has 1 aromatic rings. The predicted molar refractivity (Wildman–Crippen MR) is 79.4 cm³/mol. The average Bonchev–Trinajstić information content (AvgIpc) is 2.53. The van der Waals surface area contributed by atoms with Crippen molar-refractivity contribution in [2.24, 2.45) is 5.92 Å². The lowest BCUT2D eigenvalue weighted by atomic mass is 9.97. The smallest absolute Gasteiger partial charge is 0.161 e. The number of fused-ring (bicyclic) bond motifs is 1. The van der Waals surface area contributed by atoms with Gasteiger partial charge in [-0.3, -0.25) is 0 Å². The predicted octanol–water partition coefficient (Wildman–Crippen LogP) is 2.11. The lowest BCUT2D eigenvalue weighted by Crippen LogP contribution is -2.34. The van der Waals surface area contributed by atoms with E-state index < -0.39 is 0 Å². The number of hydrogen-bond donors (Lipinski definition) is 2. The maximum Gasteiger partial charge on any atom is 0.161 e. The second-order valence-corrected chi connectivity index (χ2v) is 5.73. The molecule has 1 unspecified atom stereocenters. The van der Waals surface area contributed by atoms with Crippen molar-refractivity contribution in [2.45, 2.75) is 25.8 Å². The van der Waals surface area contributed by atoms with Crippen molar-refractivity contribution in [1.29, 1.82) is 0 Å². The zero-order valence-corrected chi connectivity index (χ0v) is 12.2. The summed E-state index contributed by atoms with van der Waals surface area (Å²) in [5.74, 6) is 2.55. The lowest BCUT2D eigenvalue weighted by Gasteiger charge is -2.25. The van der Waals surface area contributed by atoms with Crippen molar-refractivity contribution in [1.82, 2.24) is 10.6 Å². The molecule has 110 valence electrons. The normalized spacial score (nSPS) is 20.6. The Labute approximate surface area is 120 Å². The molecular formula is C16H24N2O2. The highest BCUT2D eigenvalue weighted by atomic mass is 16.6. The minimum absolute atomic E-state index is 0.348. The van der Waals surface area contributed by atoms with Gasteiger partial charge in [0.25, 0.3) is 0 Å². The van der Waals surface area contributed by atoms with Gasteiger partial charge in [-0.05, 0) is 63.0 Å². The Morgan fingerprint density at radius 1 is 1.20 bits per heavy atom. The Morgan fingerprint density at radius 3 is 2.75 bits per heavy atom. The summed E-state index contributed by atoms with van der Waals surface area (Å²) in [5.41, 5.74) is 1.27. The fourth-order valence-electron chi connectivity index (χ4n) is 2.88. The van der Waals surface area contributed by atoms with Crippen LogP contribution in [0.4, 0.5) is 0 Å². The second-order valence-electron chi connectivity index (χ2n) is 5.73. The van der Waals surface area contributed by atoms with Crippen LogP contribution in [0.15, 0.2) is 18.2 Å². The summed E-state index contributed by atoms with van der Waals surface area (Å²) in [4.78, 5) is 0. The number of ether oxygens (including phenoxy) is 2. The summed E-state index contributed by atoms with van der Waals surface area (Å²) < 4.78 is 11.2. The van der Waals surface area contributed by atoms with Crippen LogP contribution in [0.5, 0.6) is 11.5 Å². The molecule has 1 fully saturated rings. The quantitative estimate of drug-likeness (QED) is 0.884. The molecular weight excluding hydrogens is 252 g/mol. The topological polar surface area (TPSA) is 42.5 Å². The first-order valence-corrected chi connectivity index (χ1v) is 7.66. The Balaban J connectivity index is 1.57. The number of hydrogen-bond acceptors (Lipinski definition) is 4. The number of benzene rings is 1. The monoisotopic (exact) mass is 276 g/mol. The van der Waals surface area contributed by atoms with Gasteiger partial charge in [-0.2, -0.15) is 0 Å². The molecule has 0 aromatic heterocycles. The average molecular weight is 276 g/mol. The highest BCUT2D eigenvalue weighted by Crippen LogP contribution is 2.32. The Kier molecular flexibility index (Phi) is 4.43. The standard InChI is InChI=1S/C16H24N2O2/c1-12(18-11-13-4-6-17-7-5-13)14-2-3-15-16(10-14)20-9-8-19-15/h2-3,10,12-13,17-18H,4-9,11H2,1H3. The van der Waals surface area contributed by atoms with Crippen LogP contribution in [-0.2, 0) is 0 Å². The summed E-state index contributed by atoms with van der Waals surface area (Å²) in [6.45, 7) is 6.92. The molecule has 0 aliphatic carbocycles. The SMILES string of the molecule is CC(NCC1CCNCC1)c1ccc2c(c1)OCCO2. The first kappa shape index (κ1) is 13.7. The third-order valence-corrected chi connectivity index (χ3v) is 4.24. The molecule has 2 heterocycles. The van der Waals surface area contributed by atoms with Gasteiger partial charge in [0, 0.05) is 6.04 Å². The Bertz CT molecular complexity index is 444. The van der Waals surface area contributed by atoms with Crippen molar-refractivity contribution in [3.8, 4) is 11.5 Å². The van der Waals surface area contributed by atoms with E-state index in [-0.39, 0.29) is 0 Å². The maximum absolute atomic E-state index is 5.65. The van der Waals surface area contributed by atoms with Gasteiger partial charge in [0.05, 0.1) is 0 Å². The van der Waals surface area contributed by atoms with E-state index >= 15 is 0 Å². The molecule has 0 radical (unpaired) electrons. The third kappa shape index (κ3) is 3.25. The van der Waals surface area contributed by atoms with Crippen LogP contribution in [0.2, 0.25) is 0 Å². The number of piperidine rings is 1. The van der Waals surface area contributed by atoms with E-state index in [0.29, 0.717) is 19.3 Å². The summed E-state index contributed by atoms with van der Waals surface area (Å²) in [5, 5.41) is 7.06. The molecule has 1 saturated heterocycles. The van der Waals surface area contributed by atoms with Gasteiger partial charge in [-0.25, -0.2) is 0 Å². The Morgan fingerprint density at radius 2 is 1.95 bits per heavy atom. The highest BCUT2D eigenvalue weighted by Gasteiger charge is 2.16. The van der Waals surface area contributed by atoms with E-state index in [0.717, 1.165) is 37.1 Å². The van der Waals surface area contributed by atoms with Crippen molar-refractivity contribution < 1.29 is 9.47 Å². The van der Waals surface area contributed by atoms with Crippen LogP contribution in [-0.4, -0.2) is 32.8 Å². The van der Waals surface area contributed by atoms with Crippen molar-refractivity contribution in [2.75, 3.05) is 32.8 Å². The van der Waals surface area contributed by atoms with Crippen LogP contribution in [0.25, 0.3) is 0 Å². The van der Waals surface area contributed by atoms with Gasteiger partial charge in [0.1, 0.15) is 13.2 Å². The molecule has 1 atom stereocenters. The van der Waals surface area contributed by atoms with Gasteiger partial charge in [0.15, 0.2) is 11.5 Å². The van der Waals surface area contributed by atoms with Crippen LogP contribution in [0.1, 0.15) is 31.4 Å². The minimum Gasteiger partial charge on any atom is -0.486 e. The van der Waals surface area contributed by atoms with E-state index in [1.54, 1.807) is 0 Å². The first-order chi connectivity index (χ1) is 9.83. The molecule has 0 amide bonds. The minimum atomic E-state index is 0.348. The molecule has 0 saturated carbocycles. The molecule has 2 aliphatic heterocycles. The van der Waals surface area contributed by atoms with Crippen LogP contribution in [0.3, 0.4) is 0 Å². The van der Waals surface area contributed by atoms with Gasteiger partial charge in [-0.15, -0.1) is 0 Å². The zero-order valence-electron chi connectivity index (χ0n) is 12.2. The molecule has 4 heteroatoms. The molecule has 0 spiro atoms. The van der Waals surface area contributed by atoms with Gasteiger partial charge >= 0.3 is 0 Å². The second kappa shape index (κ2) is 6.46. The Hall–Kier alpha value is -1.26. The van der Waals surface area contributed by atoms with E-state index in [4.69, 9.17) is 9.47 Å². The number of rotatable bonds is 4. The molecule has 0 bridgehead atoms. The van der Waals surface area contributed by atoms with Crippen LogP contribution in [0, 0.1) is 5.92 Å². The summed E-state index contributed by atoms with van der Waals surface area (Å²) in [6.07, 6.45) is 2.56. The molecule has 1 aromatic carbocycles. The van der Waals surface area contributed by atoms with Gasteiger partial charge in [0.2, 0.25) is 0 Å². The molecule has 2 aliphatic rings. The first-order valence-electron chi connectivity index (χ1n) is 7.66. The summed E-state index contributed by atoms with van der Waals surface area (Å²) >= 11 is 0. The number of nitrogens with one attached hydrogen (secondary N) is 2. The molecule has 20 heavy (non-hydrogen) atoms.